The molecule has 53 heavy (non-hydrogen) atoms. The Morgan fingerprint density at radius 1 is 0.698 bits per heavy atom. The minimum absolute atomic E-state index is 0.0809. The maximum absolute atomic E-state index is 13.5. The highest BCUT2D eigenvalue weighted by molar-refractivity contribution is 7.91. The molecular formula is C34H27N5O11S3. The van der Waals surface area contributed by atoms with Crippen molar-refractivity contribution in [1.82, 2.24) is 0 Å². The molecular weight excluding hydrogens is 751 g/mol. The molecule has 0 fully saturated rings. The minimum atomic E-state index is -4.94. The number of hydrogen-bond donors (Lipinski definition) is 5. The summed E-state index contributed by atoms with van der Waals surface area (Å²) in [5.41, 5.74) is 4.22. The summed E-state index contributed by atoms with van der Waals surface area (Å²) < 4.78 is 108. The maximum Gasteiger partial charge on any atom is 0.296 e. The summed E-state index contributed by atoms with van der Waals surface area (Å²) in [6, 6.07) is 22.3. The van der Waals surface area contributed by atoms with Crippen molar-refractivity contribution in [3.05, 3.63) is 113 Å². The number of allylic oxidation sites excluding steroid dienone is 1. The molecule has 0 amide bonds. The Bertz CT molecular complexity index is 2770. The SMILES string of the molecule is COc1cc(N=Nc2cc(S(=O)(=O)O)c3cccc(S(=O)(=O)O)c3c2)c(C)cc1NN=C1C(=O)c2ccc(Nc3ccccc3)cc2C=C1S(=O)(=O)O. The number of Topliss-reactive ketones (excluding diaryl/α,β-unsaturated/α-hetero) is 1. The van der Waals surface area contributed by atoms with E-state index in [0.29, 0.717) is 11.3 Å². The molecule has 0 aromatic heterocycles. The number of rotatable bonds is 10. The van der Waals surface area contributed by atoms with Gasteiger partial charge in [-0.2, -0.15) is 40.6 Å². The van der Waals surface area contributed by atoms with Crippen LogP contribution in [0.25, 0.3) is 16.8 Å². The first-order valence-corrected chi connectivity index (χ1v) is 19.4. The van der Waals surface area contributed by atoms with Gasteiger partial charge in [0.1, 0.15) is 20.4 Å². The fraction of sp³-hybridized carbons (Fsp3) is 0.0588. The van der Waals surface area contributed by atoms with Gasteiger partial charge in [0.05, 0.1) is 24.2 Å². The normalized spacial score (nSPS) is 14.3. The lowest BCUT2D eigenvalue weighted by atomic mass is 9.94. The number of carbonyl (C=O) groups is 1. The Kier molecular flexibility index (Phi) is 9.73. The number of ether oxygens (including phenoxy) is 1. The zero-order valence-corrected chi connectivity index (χ0v) is 29.9. The summed E-state index contributed by atoms with van der Waals surface area (Å²) >= 11 is 0. The molecule has 5 N–H and O–H groups in total. The number of hydrogen-bond acceptors (Lipinski definition) is 13. The van der Waals surface area contributed by atoms with Crippen LogP contribution in [0.5, 0.6) is 5.75 Å². The second-order valence-electron chi connectivity index (χ2n) is 11.5. The van der Waals surface area contributed by atoms with Crippen molar-refractivity contribution in [2.24, 2.45) is 15.3 Å². The molecule has 19 heteroatoms. The van der Waals surface area contributed by atoms with E-state index in [1.165, 1.54) is 37.4 Å². The highest BCUT2D eigenvalue weighted by atomic mass is 32.2. The Labute approximate surface area is 302 Å². The first-order chi connectivity index (χ1) is 24.9. The number of ketones is 1. The molecule has 0 saturated carbocycles. The van der Waals surface area contributed by atoms with Gasteiger partial charge in [0.2, 0.25) is 5.78 Å². The van der Waals surface area contributed by atoms with Crippen LogP contribution in [-0.2, 0) is 30.4 Å². The Balaban J connectivity index is 1.34. The van der Waals surface area contributed by atoms with Gasteiger partial charge in [-0.1, -0.05) is 30.3 Å². The van der Waals surface area contributed by atoms with E-state index >= 15 is 0 Å². The summed E-state index contributed by atoms with van der Waals surface area (Å²) in [5.74, 6) is -0.704. The van der Waals surface area contributed by atoms with Crippen molar-refractivity contribution in [3.8, 4) is 5.75 Å². The second-order valence-corrected chi connectivity index (χ2v) is 15.6. The molecule has 0 atom stereocenters. The number of carbonyl (C=O) groups excluding carboxylic acids is 1. The van der Waals surface area contributed by atoms with Crippen LogP contribution in [-0.4, -0.2) is 57.5 Å². The average Bonchev–Trinajstić information content (AvgIpc) is 3.09. The van der Waals surface area contributed by atoms with Crippen molar-refractivity contribution in [2.45, 2.75) is 16.7 Å². The van der Waals surface area contributed by atoms with E-state index in [4.69, 9.17) is 4.74 Å². The fourth-order valence-corrected chi connectivity index (χ4v) is 7.56. The third-order valence-corrected chi connectivity index (χ3v) is 10.6. The van der Waals surface area contributed by atoms with Crippen molar-refractivity contribution >= 4 is 87.1 Å². The van der Waals surface area contributed by atoms with Gasteiger partial charge in [-0.05, 0) is 78.7 Å². The van der Waals surface area contributed by atoms with E-state index in [1.54, 1.807) is 19.1 Å². The average molecular weight is 778 g/mol. The van der Waals surface area contributed by atoms with Crippen LogP contribution in [0, 0.1) is 6.92 Å². The molecule has 5 aromatic rings. The highest BCUT2D eigenvalue weighted by Gasteiger charge is 2.33. The molecule has 0 unspecified atom stereocenters. The lowest BCUT2D eigenvalue weighted by molar-refractivity contribution is 0.106. The fourth-order valence-electron chi connectivity index (χ4n) is 5.48. The highest BCUT2D eigenvalue weighted by Crippen LogP contribution is 2.37. The first kappa shape index (κ1) is 36.9. The number of methoxy groups -OCH3 is 1. The van der Waals surface area contributed by atoms with Crippen LogP contribution in [0.15, 0.2) is 121 Å². The third-order valence-electron chi connectivity index (χ3n) is 7.91. The molecule has 0 saturated heterocycles. The summed E-state index contributed by atoms with van der Waals surface area (Å²) in [6.07, 6.45) is 1.13. The lowest BCUT2D eigenvalue weighted by Gasteiger charge is -2.18. The van der Waals surface area contributed by atoms with E-state index < -0.39 is 56.5 Å². The van der Waals surface area contributed by atoms with Crippen molar-refractivity contribution < 1.29 is 48.4 Å². The molecule has 6 rings (SSSR count). The smallest absolute Gasteiger partial charge is 0.296 e. The Hall–Kier alpha value is -5.83. The van der Waals surface area contributed by atoms with Gasteiger partial charge in [0.25, 0.3) is 30.4 Å². The number of hydrazone groups is 1. The van der Waals surface area contributed by atoms with E-state index in [9.17, 15) is 43.7 Å². The zero-order chi connectivity index (χ0) is 38.3. The number of fused-ring (bicyclic) bond motifs is 2. The Morgan fingerprint density at radius 3 is 2.08 bits per heavy atom. The van der Waals surface area contributed by atoms with Crippen LogP contribution in [0.4, 0.5) is 28.4 Å². The van der Waals surface area contributed by atoms with E-state index in [1.807, 2.05) is 30.3 Å². The predicted octanol–water partition coefficient (Wildman–Crippen LogP) is 6.70. The van der Waals surface area contributed by atoms with Crippen LogP contribution < -0.4 is 15.5 Å². The van der Waals surface area contributed by atoms with Crippen LogP contribution in [0.3, 0.4) is 0 Å². The second kappa shape index (κ2) is 14.0. The maximum atomic E-state index is 13.5. The quantitative estimate of drug-likeness (QED) is 0.0563. The van der Waals surface area contributed by atoms with Gasteiger partial charge in [-0.25, -0.2) is 0 Å². The van der Waals surface area contributed by atoms with Gasteiger partial charge < -0.3 is 10.1 Å². The van der Waals surface area contributed by atoms with Crippen molar-refractivity contribution in [3.63, 3.8) is 0 Å². The number of azo groups is 1. The summed E-state index contributed by atoms with van der Waals surface area (Å²) in [4.78, 5) is 11.5. The molecule has 1 aliphatic carbocycles. The standard InChI is InChI=1S/C34H27N5O11S3/c1-19-13-28(38-39-33-32(53(47,48)49)15-20-14-22(11-12-24(20)34(33)40)35-21-7-4-3-5-8-21)29(50-2)18-27(19)37-36-23-16-26-25(31(17-23)52(44,45)46)9-6-10-30(26)51(41,42)43/h3-18,35,38H,1-2H3,(H,41,42,43)(H,44,45,46)(H,47,48,49). The molecule has 272 valence electrons. The topological polar surface area (TPSA) is 251 Å². The van der Waals surface area contributed by atoms with Crippen molar-refractivity contribution in [2.75, 3.05) is 17.9 Å². The molecule has 0 radical (unpaired) electrons. The third kappa shape index (κ3) is 7.84. The van der Waals surface area contributed by atoms with Crippen LogP contribution >= 0.6 is 0 Å². The number of benzene rings is 5. The number of anilines is 3. The van der Waals surface area contributed by atoms with Gasteiger partial charge >= 0.3 is 0 Å². The molecule has 0 spiro atoms. The summed E-state index contributed by atoms with van der Waals surface area (Å²) in [6.45, 7) is 1.60. The zero-order valence-electron chi connectivity index (χ0n) is 27.4. The van der Waals surface area contributed by atoms with E-state index in [-0.39, 0.29) is 44.7 Å². The lowest BCUT2D eigenvalue weighted by Crippen LogP contribution is -2.27. The Morgan fingerprint density at radius 2 is 1.42 bits per heavy atom. The molecule has 1 aliphatic rings. The van der Waals surface area contributed by atoms with E-state index in [0.717, 1.165) is 30.0 Å². The van der Waals surface area contributed by atoms with Crippen molar-refractivity contribution in [1.29, 1.82) is 0 Å². The minimum Gasteiger partial charge on any atom is -0.494 e. The first-order valence-electron chi connectivity index (χ1n) is 15.1. The summed E-state index contributed by atoms with van der Waals surface area (Å²) in [5, 5.41) is 14.9. The van der Waals surface area contributed by atoms with E-state index in [2.05, 4.69) is 26.1 Å². The van der Waals surface area contributed by atoms with Gasteiger partial charge in [0, 0.05) is 33.8 Å². The van der Waals surface area contributed by atoms with Crippen LogP contribution in [0.1, 0.15) is 21.5 Å². The molecule has 0 bridgehead atoms. The number of para-hydroxylation sites is 1. The largest absolute Gasteiger partial charge is 0.494 e. The molecule has 5 aromatic carbocycles. The van der Waals surface area contributed by atoms with Gasteiger partial charge in [-0.3, -0.25) is 23.9 Å². The van der Waals surface area contributed by atoms with Crippen LogP contribution in [0.2, 0.25) is 0 Å². The molecule has 16 nitrogen and oxygen atoms in total. The monoisotopic (exact) mass is 777 g/mol. The molecule has 0 aliphatic heterocycles. The number of nitrogens with one attached hydrogen (secondary N) is 2. The van der Waals surface area contributed by atoms with Gasteiger partial charge in [0.15, 0.2) is 5.71 Å². The molecule has 0 heterocycles. The predicted molar refractivity (Wildman–Crippen MR) is 197 cm³/mol. The number of nitrogens with zero attached hydrogens (tertiary/aromatic N) is 3. The number of aryl methyl sites for hydroxylation is 1. The van der Waals surface area contributed by atoms with Gasteiger partial charge in [-0.15, -0.1) is 0 Å². The summed E-state index contributed by atoms with van der Waals surface area (Å²) in [7, 11) is -13.3.